The highest BCUT2D eigenvalue weighted by Crippen LogP contribution is 2.23. The summed E-state index contributed by atoms with van der Waals surface area (Å²) in [5.74, 6) is 0.828. The summed E-state index contributed by atoms with van der Waals surface area (Å²) in [6.07, 6.45) is 0.989. The number of benzene rings is 1. The maximum absolute atomic E-state index is 12.5. The molecule has 2 aromatic rings. The number of nitrogens with zero attached hydrogens (tertiary/aromatic N) is 1. The summed E-state index contributed by atoms with van der Waals surface area (Å²) in [5.41, 5.74) is 3.77. The van der Waals surface area contributed by atoms with E-state index >= 15 is 0 Å². The Hall–Kier alpha value is -1.98. The Labute approximate surface area is 148 Å². The highest BCUT2D eigenvalue weighted by Gasteiger charge is 2.21. The van der Waals surface area contributed by atoms with Crippen molar-refractivity contribution >= 4 is 18.3 Å². The lowest BCUT2D eigenvalue weighted by Crippen LogP contribution is -2.36. The van der Waals surface area contributed by atoms with E-state index in [2.05, 4.69) is 15.2 Å². The molecule has 0 aliphatic carbocycles. The van der Waals surface area contributed by atoms with Gasteiger partial charge in [-0.3, -0.25) is 4.79 Å². The molecular formula is C18H24ClN3O2. The van der Waals surface area contributed by atoms with Crippen molar-refractivity contribution in [3.05, 3.63) is 47.3 Å². The number of halogens is 1. The lowest BCUT2D eigenvalue weighted by atomic mass is 10.2. The number of nitrogens with one attached hydrogen (secondary N) is 2. The number of carbonyl (C=O) groups is 1. The van der Waals surface area contributed by atoms with Crippen LogP contribution in [-0.4, -0.2) is 36.7 Å². The fraction of sp³-hybridized carbons (Fsp3) is 0.389. The predicted molar refractivity (Wildman–Crippen MR) is 97.8 cm³/mol. The van der Waals surface area contributed by atoms with Crippen molar-refractivity contribution < 1.29 is 9.53 Å². The number of methoxy groups -OCH3 is 1. The minimum atomic E-state index is 0. The van der Waals surface area contributed by atoms with Crippen molar-refractivity contribution in [1.82, 2.24) is 15.2 Å². The van der Waals surface area contributed by atoms with Crippen molar-refractivity contribution in [3.63, 3.8) is 0 Å². The van der Waals surface area contributed by atoms with Crippen LogP contribution in [0.1, 0.15) is 28.2 Å². The van der Waals surface area contributed by atoms with E-state index in [1.807, 2.05) is 44.2 Å². The molecule has 1 aliphatic heterocycles. The quantitative estimate of drug-likeness (QED) is 0.892. The van der Waals surface area contributed by atoms with Gasteiger partial charge in [0.2, 0.25) is 0 Å². The van der Waals surface area contributed by atoms with Gasteiger partial charge in [0.1, 0.15) is 5.75 Å². The van der Waals surface area contributed by atoms with Crippen molar-refractivity contribution in [2.45, 2.75) is 26.3 Å². The van der Waals surface area contributed by atoms with E-state index in [1.54, 1.807) is 7.11 Å². The first kappa shape index (κ1) is 18.4. The molecule has 1 aromatic carbocycles. The van der Waals surface area contributed by atoms with Crippen LogP contribution in [0.5, 0.6) is 5.75 Å². The molecule has 1 unspecified atom stereocenters. The Morgan fingerprint density at radius 3 is 2.58 bits per heavy atom. The number of amides is 1. The van der Waals surface area contributed by atoms with Crippen LogP contribution in [-0.2, 0) is 0 Å². The van der Waals surface area contributed by atoms with Crippen molar-refractivity contribution in [2.24, 2.45) is 0 Å². The molecule has 1 aliphatic rings. The average molecular weight is 350 g/mol. The third-order valence-corrected chi connectivity index (χ3v) is 4.40. The van der Waals surface area contributed by atoms with Gasteiger partial charge >= 0.3 is 0 Å². The largest absolute Gasteiger partial charge is 0.497 e. The standard InChI is InChI=1S/C18H23N3O2.ClH/c1-12-10-17(18(22)20-14-8-9-19-11-14)13(2)21(12)15-4-6-16(23-3)7-5-15;/h4-7,10,14,19H,8-9,11H2,1-3H3,(H,20,22);1H. The smallest absolute Gasteiger partial charge is 0.253 e. The first-order valence-electron chi connectivity index (χ1n) is 7.95. The Bertz CT molecular complexity index is 704. The molecule has 5 nitrogen and oxygen atoms in total. The maximum Gasteiger partial charge on any atom is 0.253 e. The number of carbonyl (C=O) groups excluding carboxylic acids is 1. The number of aryl methyl sites for hydroxylation is 1. The van der Waals surface area contributed by atoms with Crippen LogP contribution in [0.4, 0.5) is 0 Å². The lowest BCUT2D eigenvalue weighted by molar-refractivity contribution is 0.0939. The molecule has 2 N–H and O–H groups in total. The molecule has 0 spiro atoms. The highest BCUT2D eigenvalue weighted by atomic mass is 35.5. The summed E-state index contributed by atoms with van der Waals surface area (Å²) in [7, 11) is 1.65. The molecule has 1 atom stereocenters. The summed E-state index contributed by atoms with van der Waals surface area (Å²) in [6, 6.07) is 10.0. The molecule has 2 heterocycles. The van der Waals surface area contributed by atoms with E-state index in [-0.39, 0.29) is 24.4 Å². The molecule has 0 bridgehead atoms. The lowest BCUT2D eigenvalue weighted by Gasteiger charge is -2.13. The molecular weight excluding hydrogens is 326 g/mol. The molecule has 3 rings (SSSR count). The molecule has 1 amide bonds. The Morgan fingerprint density at radius 1 is 1.29 bits per heavy atom. The van der Waals surface area contributed by atoms with Gasteiger partial charge in [-0.05, 0) is 57.1 Å². The monoisotopic (exact) mass is 349 g/mol. The topological polar surface area (TPSA) is 55.3 Å². The normalized spacial score (nSPS) is 16.5. The predicted octanol–water partition coefficient (Wildman–Crippen LogP) is 2.62. The minimum absolute atomic E-state index is 0. The number of ether oxygens (including phenoxy) is 1. The van der Waals surface area contributed by atoms with E-state index in [1.165, 1.54) is 0 Å². The summed E-state index contributed by atoms with van der Waals surface area (Å²) >= 11 is 0. The molecule has 0 saturated carbocycles. The Balaban J connectivity index is 0.00000208. The fourth-order valence-electron chi connectivity index (χ4n) is 3.16. The number of aromatic nitrogens is 1. The zero-order valence-corrected chi connectivity index (χ0v) is 15.1. The molecule has 0 radical (unpaired) electrons. The average Bonchev–Trinajstić information content (AvgIpc) is 3.15. The maximum atomic E-state index is 12.5. The minimum Gasteiger partial charge on any atom is -0.497 e. The molecule has 6 heteroatoms. The van der Waals surface area contributed by atoms with E-state index in [0.717, 1.165) is 47.9 Å². The van der Waals surface area contributed by atoms with Gasteiger partial charge in [0, 0.05) is 29.7 Å². The van der Waals surface area contributed by atoms with Gasteiger partial charge in [-0.2, -0.15) is 0 Å². The van der Waals surface area contributed by atoms with Crippen LogP contribution in [0.2, 0.25) is 0 Å². The van der Waals surface area contributed by atoms with Crippen LogP contribution in [0.25, 0.3) is 5.69 Å². The first-order valence-corrected chi connectivity index (χ1v) is 7.95. The van der Waals surface area contributed by atoms with Gasteiger partial charge in [-0.1, -0.05) is 0 Å². The summed E-state index contributed by atoms with van der Waals surface area (Å²) in [5, 5.41) is 6.38. The summed E-state index contributed by atoms with van der Waals surface area (Å²) in [4.78, 5) is 12.5. The second-order valence-corrected chi connectivity index (χ2v) is 5.98. The second kappa shape index (κ2) is 7.73. The molecule has 1 fully saturated rings. The van der Waals surface area contributed by atoms with Crippen LogP contribution in [0.15, 0.2) is 30.3 Å². The first-order chi connectivity index (χ1) is 11.1. The Morgan fingerprint density at radius 2 is 2.00 bits per heavy atom. The van der Waals surface area contributed by atoms with Crippen LogP contribution in [0.3, 0.4) is 0 Å². The number of hydrogen-bond donors (Lipinski definition) is 2. The van der Waals surface area contributed by atoms with Gasteiger partial charge in [-0.15, -0.1) is 12.4 Å². The second-order valence-electron chi connectivity index (χ2n) is 5.98. The number of hydrogen-bond acceptors (Lipinski definition) is 3. The number of rotatable bonds is 4. The van der Waals surface area contributed by atoms with Gasteiger partial charge in [-0.25, -0.2) is 0 Å². The van der Waals surface area contributed by atoms with Crippen molar-refractivity contribution in [3.8, 4) is 11.4 Å². The van der Waals surface area contributed by atoms with Gasteiger partial charge < -0.3 is 19.9 Å². The highest BCUT2D eigenvalue weighted by molar-refractivity contribution is 5.96. The molecule has 24 heavy (non-hydrogen) atoms. The van der Waals surface area contributed by atoms with Gasteiger partial charge in [0.25, 0.3) is 5.91 Å². The fourth-order valence-corrected chi connectivity index (χ4v) is 3.16. The van der Waals surface area contributed by atoms with E-state index in [4.69, 9.17) is 4.74 Å². The Kier molecular flexibility index (Phi) is 5.91. The van der Waals surface area contributed by atoms with E-state index in [0.29, 0.717) is 0 Å². The van der Waals surface area contributed by atoms with Crippen LogP contribution >= 0.6 is 12.4 Å². The molecule has 1 saturated heterocycles. The van der Waals surface area contributed by atoms with Gasteiger partial charge in [0.15, 0.2) is 0 Å². The summed E-state index contributed by atoms with van der Waals surface area (Å²) in [6.45, 7) is 5.82. The van der Waals surface area contributed by atoms with E-state index < -0.39 is 0 Å². The van der Waals surface area contributed by atoms with Crippen LogP contribution in [0, 0.1) is 13.8 Å². The third kappa shape index (κ3) is 3.57. The van der Waals surface area contributed by atoms with Gasteiger partial charge in [0.05, 0.1) is 12.7 Å². The zero-order valence-electron chi connectivity index (χ0n) is 14.3. The van der Waals surface area contributed by atoms with Crippen LogP contribution < -0.4 is 15.4 Å². The SMILES string of the molecule is COc1ccc(-n2c(C)cc(C(=O)NC3CCNC3)c2C)cc1.Cl. The molecule has 1 aromatic heterocycles. The van der Waals surface area contributed by atoms with E-state index in [9.17, 15) is 4.79 Å². The zero-order chi connectivity index (χ0) is 16.4. The van der Waals surface area contributed by atoms with Crippen molar-refractivity contribution in [1.29, 1.82) is 0 Å². The molecule has 130 valence electrons. The third-order valence-electron chi connectivity index (χ3n) is 4.40. The summed E-state index contributed by atoms with van der Waals surface area (Å²) < 4.78 is 7.30. The van der Waals surface area contributed by atoms with Crippen molar-refractivity contribution in [2.75, 3.05) is 20.2 Å².